The molecule has 0 aliphatic rings. The van der Waals surface area contributed by atoms with Gasteiger partial charge in [0.05, 0.1) is 27.1 Å². The standard InChI is InChI=1S/C47H27N3S2/c1-2-11-33(12-3-1)47-49-42(46-44(50-47)36-15-7-9-17-39(36)52-46)32-24-20-29(21-25-32)28-18-22-31(23-19-28)41-40-35-14-6-8-16-38(35)51-45(40)37-27-26-30-10-4-5-13-34(30)43(37)48-41/h1-27H. The maximum absolute atomic E-state index is 5.44. The lowest BCUT2D eigenvalue weighted by atomic mass is 9.97. The number of fused-ring (bicyclic) bond motifs is 10. The van der Waals surface area contributed by atoms with E-state index in [0.717, 1.165) is 60.8 Å². The summed E-state index contributed by atoms with van der Waals surface area (Å²) in [5, 5.41) is 7.26. The van der Waals surface area contributed by atoms with Crippen molar-refractivity contribution in [1.82, 2.24) is 15.0 Å². The molecular weight excluding hydrogens is 671 g/mol. The van der Waals surface area contributed by atoms with Crippen LogP contribution in [0.2, 0.25) is 0 Å². The quantitative estimate of drug-likeness (QED) is 0.172. The van der Waals surface area contributed by atoms with E-state index in [0.29, 0.717) is 0 Å². The highest BCUT2D eigenvalue weighted by molar-refractivity contribution is 7.27. The van der Waals surface area contributed by atoms with Gasteiger partial charge in [-0.1, -0.05) is 152 Å². The number of benzene rings is 7. The molecule has 0 amide bonds. The summed E-state index contributed by atoms with van der Waals surface area (Å²) in [5.74, 6) is 0.745. The fourth-order valence-corrected chi connectivity index (χ4v) is 9.93. The Morgan fingerprint density at radius 3 is 1.65 bits per heavy atom. The molecule has 0 aliphatic heterocycles. The zero-order valence-electron chi connectivity index (χ0n) is 27.7. The molecule has 11 aromatic rings. The molecule has 11 rings (SSSR count). The zero-order chi connectivity index (χ0) is 34.2. The third-order valence-corrected chi connectivity index (χ3v) is 12.5. The maximum atomic E-state index is 5.44. The number of thiophene rings is 2. The lowest BCUT2D eigenvalue weighted by Gasteiger charge is -2.11. The summed E-state index contributed by atoms with van der Waals surface area (Å²) in [4.78, 5) is 15.7. The van der Waals surface area contributed by atoms with E-state index in [1.54, 1.807) is 11.3 Å². The van der Waals surface area contributed by atoms with E-state index in [9.17, 15) is 0 Å². The monoisotopic (exact) mass is 697 g/mol. The summed E-state index contributed by atoms with van der Waals surface area (Å²) in [6.45, 7) is 0. The summed E-state index contributed by atoms with van der Waals surface area (Å²) in [5.41, 5.74) is 9.58. The van der Waals surface area contributed by atoms with Crippen LogP contribution >= 0.6 is 22.7 Å². The van der Waals surface area contributed by atoms with Crippen molar-refractivity contribution in [2.24, 2.45) is 0 Å². The minimum absolute atomic E-state index is 0.745. The first-order chi connectivity index (χ1) is 25.8. The normalized spacial score (nSPS) is 11.8. The molecule has 5 heteroatoms. The second-order valence-corrected chi connectivity index (χ2v) is 15.2. The van der Waals surface area contributed by atoms with Crippen LogP contribution in [0.1, 0.15) is 0 Å². The zero-order valence-corrected chi connectivity index (χ0v) is 29.4. The molecule has 0 spiro atoms. The predicted molar refractivity (Wildman–Crippen MR) is 222 cm³/mol. The smallest absolute Gasteiger partial charge is 0.160 e. The highest BCUT2D eigenvalue weighted by atomic mass is 32.1. The molecule has 3 nitrogen and oxygen atoms in total. The Balaban J connectivity index is 1.02. The Labute approximate surface area is 307 Å². The van der Waals surface area contributed by atoms with Gasteiger partial charge in [-0.3, -0.25) is 0 Å². The predicted octanol–water partition coefficient (Wildman–Crippen LogP) is 13.6. The van der Waals surface area contributed by atoms with Crippen LogP contribution < -0.4 is 0 Å². The van der Waals surface area contributed by atoms with Crippen molar-refractivity contribution in [2.75, 3.05) is 0 Å². The molecule has 0 radical (unpaired) electrons. The average molecular weight is 698 g/mol. The third kappa shape index (κ3) is 4.60. The van der Waals surface area contributed by atoms with Gasteiger partial charge in [-0.2, -0.15) is 0 Å². The van der Waals surface area contributed by atoms with Crippen molar-refractivity contribution in [3.63, 3.8) is 0 Å². The van der Waals surface area contributed by atoms with Gasteiger partial charge in [0.25, 0.3) is 0 Å². The number of pyridine rings is 1. The summed E-state index contributed by atoms with van der Waals surface area (Å²) in [6.07, 6.45) is 0. The first kappa shape index (κ1) is 29.5. The van der Waals surface area contributed by atoms with Gasteiger partial charge in [0.15, 0.2) is 5.82 Å². The molecule has 0 atom stereocenters. The fraction of sp³-hybridized carbons (Fsp3) is 0. The molecule has 0 aliphatic carbocycles. The topological polar surface area (TPSA) is 38.7 Å². The number of nitrogens with zero attached hydrogens (tertiary/aromatic N) is 3. The van der Waals surface area contributed by atoms with Crippen molar-refractivity contribution >= 4 is 84.8 Å². The van der Waals surface area contributed by atoms with Gasteiger partial charge in [0.2, 0.25) is 0 Å². The molecule has 242 valence electrons. The van der Waals surface area contributed by atoms with Crippen LogP contribution in [-0.2, 0) is 0 Å². The Bertz CT molecular complexity index is 3160. The second-order valence-electron chi connectivity index (χ2n) is 13.1. The minimum Gasteiger partial charge on any atom is -0.246 e. The lowest BCUT2D eigenvalue weighted by Crippen LogP contribution is -1.93. The molecule has 0 N–H and O–H groups in total. The molecule has 4 aromatic heterocycles. The molecule has 0 unspecified atom stereocenters. The van der Waals surface area contributed by atoms with E-state index in [1.807, 2.05) is 29.5 Å². The molecule has 0 saturated carbocycles. The highest BCUT2D eigenvalue weighted by Crippen LogP contribution is 2.44. The molecule has 52 heavy (non-hydrogen) atoms. The van der Waals surface area contributed by atoms with E-state index in [4.69, 9.17) is 15.0 Å². The average Bonchev–Trinajstić information content (AvgIpc) is 3.80. The van der Waals surface area contributed by atoms with Crippen LogP contribution in [0.15, 0.2) is 164 Å². The Hall–Kier alpha value is -6.27. The summed E-state index contributed by atoms with van der Waals surface area (Å²) >= 11 is 3.62. The molecule has 0 saturated heterocycles. The van der Waals surface area contributed by atoms with E-state index in [2.05, 4.69) is 146 Å². The summed E-state index contributed by atoms with van der Waals surface area (Å²) < 4.78 is 4.91. The minimum atomic E-state index is 0.745. The SMILES string of the molecule is c1ccc(-c2nc(-c3ccc(-c4ccc(-c5nc6c7ccccc7ccc6c6sc7ccccc7c56)cc4)cc3)c3sc4ccccc4c3n2)cc1. The fourth-order valence-electron chi connectivity index (χ4n) is 7.55. The van der Waals surface area contributed by atoms with Crippen molar-refractivity contribution in [3.05, 3.63) is 164 Å². The summed E-state index contributed by atoms with van der Waals surface area (Å²) in [7, 11) is 0. The van der Waals surface area contributed by atoms with E-state index >= 15 is 0 Å². The molecule has 7 aromatic carbocycles. The van der Waals surface area contributed by atoms with E-state index in [1.165, 1.54) is 46.4 Å². The van der Waals surface area contributed by atoms with Gasteiger partial charge in [0, 0.05) is 57.7 Å². The molecule has 0 bridgehead atoms. The van der Waals surface area contributed by atoms with Crippen LogP contribution in [0.25, 0.3) is 107 Å². The van der Waals surface area contributed by atoms with E-state index < -0.39 is 0 Å². The first-order valence-corrected chi connectivity index (χ1v) is 19.0. The van der Waals surface area contributed by atoms with Crippen LogP contribution in [-0.4, -0.2) is 15.0 Å². The largest absolute Gasteiger partial charge is 0.246 e. The van der Waals surface area contributed by atoms with Gasteiger partial charge in [-0.15, -0.1) is 22.7 Å². The van der Waals surface area contributed by atoms with Crippen molar-refractivity contribution in [3.8, 4) is 45.0 Å². The van der Waals surface area contributed by atoms with Crippen molar-refractivity contribution < 1.29 is 0 Å². The van der Waals surface area contributed by atoms with Gasteiger partial charge >= 0.3 is 0 Å². The van der Waals surface area contributed by atoms with Crippen LogP contribution in [0, 0.1) is 0 Å². The van der Waals surface area contributed by atoms with Gasteiger partial charge in [0.1, 0.15) is 0 Å². The highest BCUT2D eigenvalue weighted by Gasteiger charge is 2.19. The van der Waals surface area contributed by atoms with Crippen molar-refractivity contribution in [2.45, 2.75) is 0 Å². The molecular formula is C47H27N3S2. The maximum Gasteiger partial charge on any atom is 0.160 e. The Kier molecular flexibility index (Phi) is 6.59. The number of hydrogen-bond acceptors (Lipinski definition) is 5. The number of hydrogen-bond donors (Lipinski definition) is 0. The Morgan fingerprint density at radius 2 is 0.904 bits per heavy atom. The van der Waals surface area contributed by atoms with Gasteiger partial charge < -0.3 is 0 Å². The van der Waals surface area contributed by atoms with Crippen LogP contribution in [0.5, 0.6) is 0 Å². The van der Waals surface area contributed by atoms with Crippen LogP contribution in [0.4, 0.5) is 0 Å². The lowest BCUT2D eigenvalue weighted by molar-refractivity contribution is 1.24. The third-order valence-electron chi connectivity index (χ3n) is 10.1. The molecule has 0 fully saturated rings. The first-order valence-electron chi connectivity index (χ1n) is 17.4. The van der Waals surface area contributed by atoms with Crippen LogP contribution in [0.3, 0.4) is 0 Å². The number of rotatable bonds is 4. The van der Waals surface area contributed by atoms with E-state index in [-0.39, 0.29) is 0 Å². The van der Waals surface area contributed by atoms with Gasteiger partial charge in [-0.05, 0) is 28.6 Å². The molecule has 4 heterocycles. The Morgan fingerprint density at radius 1 is 0.327 bits per heavy atom. The van der Waals surface area contributed by atoms with Gasteiger partial charge in [-0.25, -0.2) is 15.0 Å². The summed E-state index contributed by atoms with van der Waals surface area (Å²) in [6, 6.07) is 58.2. The second kappa shape index (κ2) is 11.6. The van der Waals surface area contributed by atoms with Crippen molar-refractivity contribution in [1.29, 1.82) is 0 Å². The number of aromatic nitrogens is 3.